The average Bonchev–Trinajstić information content (AvgIpc) is 2.19. The van der Waals surface area contributed by atoms with E-state index >= 15 is 0 Å². The summed E-state index contributed by atoms with van der Waals surface area (Å²) in [7, 11) is 1.70. The first-order valence-electron chi connectivity index (χ1n) is 4.99. The Morgan fingerprint density at radius 3 is 3.00 bits per heavy atom. The first-order valence-corrected chi connectivity index (χ1v) is 4.99. The van der Waals surface area contributed by atoms with Crippen LogP contribution in [-0.4, -0.2) is 51.0 Å². The molecule has 1 heterocycles. The second-order valence-electron chi connectivity index (χ2n) is 3.43. The highest BCUT2D eigenvalue weighted by molar-refractivity contribution is 4.73. The van der Waals surface area contributed by atoms with Crippen LogP contribution in [0.5, 0.6) is 0 Å². The quantitative estimate of drug-likeness (QED) is 0.597. The molecule has 3 heteroatoms. The highest BCUT2D eigenvalue weighted by Crippen LogP contribution is 2.12. The van der Waals surface area contributed by atoms with Crippen molar-refractivity contribution < 1.29 is 9.47 Å². The normalized spacial score (nSPS) is 24.9. The summed E-state index contributed by atoms with van der Waals surface area (Å²) in [5.41, 5.74) is 0. The van der Waals surface area contributed by atoms with E-state index in [9.17, 15) is 0 Å². The molecule has 0 aromatic carbocycles. The molecule has 3 nitrogen and oxygen atoms in total. The minimum atomic E-state index is 0.394. The number of rotatable bonds is 5. The van der Waals surface area contributed by atoms with E-state index in [0.29, 0.717) is 19.3 Å². The third-order valence-corrected chi connectivity index (χ3v) is 2.42. The molecule has 0 N–H and O–H groups in total. The number of likely N-dealkylation sites (tertiary alicyclic amines) is 1. The molecule has 1 aliphatic rings. The van der Waals surface area contributed by atoms with Gasteiger partial charge in [0.2, 0.25) is 0 Å². The summed E-state index contributed by atoms with van der Waals surface area (Å²) in [5.74, 6) is 0. The van der Waals surface area contributed by atoms with Crippen molar-refractivity contribution in [1.82, 2.24) is 4.90 Å². The molecule has 1 radical (unpaired) electrons. The van der Waals surface area contributed by atoms with Gasteiger partial charge in [-0.2, -0.15) is 0 Å². The van der Waals surface area contributed by atoms with E-state index in [1.54, 1.807) is 7.11 Å². The molecule has 0 aliphatic carbocycles. The monoisotopic (exact) mass is 186 g/mol. The average molecular weight is 186 g/mol. The molecule has 77 valence electrons. The molecule has 1 atom stereocenters. The Balaban J connectivity index is 2.11. The van der Waals surface area contributed by atoms with Crippen LogP contribution in [0.25, 0.3) is 0 Å². The highest BCUT2D eigenvalue weighted by atomic mass is 16.5. The number of piperidine rings is 1. The molecule has 0 spiro atoms. The molecule has 1 fully saturated rings. The smallest absolute Gasteiger partial charge is 0.0704 e. The molecule has 1 aliphatic heterocycles. The van der Waals surface area contributed by atoms with Crippen LogP contribution >= 0.6 is 0 Å². The number of hydrogen-bond acceptors (Lipinski definition) is 3. The van der Waals surface area contributed by atoms with Crippen molar-refractivity contribution in [2.45, 2.75) is 18.9 Å². The van der Waals surface area contributed by atoms with Gasteiger partial charge in [0.1, 0.15) is 0 Å². The van der Waals surface area contributed by atoms with Crippen molar-refractivity contribution >= 4 is 0 Å². The lowest BCUT2D eigenvalue weighted by atomic mass is 10.1. The van der Waals surface area contributed by atoms with E-state index in [1.165, 1.54) is 19.4 Å². The Kier molecular flexibility index (Phi) is 5.35. The van der Waals surface area contributed by atoms with Crippen LogP contribution in [0.1, 0.15) is 12.8 Å². The van der Waals surface area contributed by atoms with Crippen LogP contribution < -0.4 is 0 Å². The molecule has 0 amide bonds. The van der Waals surface area contributed by atoms with Crippen molar-refractivity contribution in [1.29, 1.82) is 0 Å². The SMILES string of the molecule is [CH2]CN1CCC[C@@H](OCCOC)C1. The number of hydrogen-bond donors (Lipinski definition) is 0. The maximum absolute atomic E-state index is 5.66. The van der Waals surface area contributed by atoms with Gasteiger partial charge >= 0.3 is 0 Å². The van der Waals surface area contributed by atoms with Crippen LogP contribution in [-0.2, 0) is 9.47 Å². The van der Waals surface area contributed by atoms with Crippen molar-refractivity contribution in [3.8, 4) is 0 Å². The molecule has 0 bridgehead atoms. The summed E-state index contributed by atoms with van der Waals surface area (Å²) >= 11 is 0. The maximum Gasteiger partial charge on any atom is 0.0704 e. The van der Waals surface area contributed by atoms with Gasteiger partial charge in [0.25, 0.3) is 0 Å². The third-order valence-electron chi connectivity index (χ3n) is 2.42. The topological polar surface area (TPSA) is 21.7 Å². The van der Waals surface area contributed by atoms with Gasteiger partial charge < -0.3 is 14.4 Å². The van der Waals surface area contributed by atoms with E-state index in [1.807, 2.05) is 0 Å². The fourth-order valence-corrected chi connectivity index (χ4v) is 1.65. The number of ether oxygens (including phenoxy) is 2. The zero-order chi connectivity index (χ0) is 9.52. The summed E-state index contributed by atoms with van der Waals surface area (Å²) in [5, 5.41) is 0. The van der Waals surface area contributed by atoms with E-state index in [4.69, 9.17) is 9.47 Å². The summed E-state index contributed by atoms with van der Waals surface area (Å²) < 4.78 is 10.6. The fraction of sp³-hybridized carbons (Fsp3) is 0.900. The largest absolute Gasteiger partial charge is 0.382 e. The second kappa shape index (κ2) is 6.35. The lowest BCUT2D eigenvalue weighted by Crippen LogP contribution is -2.39. The Hall–Kier alpha value is -0.120. The Labute approximate surface area is 81.0 Å². The predicted molar refractivity (Wildman–Crippen MR) is 52.6 cm³/mol. The molecule has 0 saturated carbocycles. The summed E-state index contributed by atoms with van der Waals surface area (Å²) in [6.07, 6.45) is 2.80. The lowest BCUT2D eigenvalue weighted by molar-refractivity contribution is -0.0186. The maximum atomic E-state index is 5.66. The first-order chi connectivity index (χ1) is 6.36. The van der Waals surface area contributed by atoms with Crippen molar-refractivity contribution in [3.63, 3.8) is 0 Å². The first kappa shape index (κ1) is 11.0. The highest BCUT2D eigenvalue weighted by Gasteiger charge is 2.18. The zero-order valence-corrected chi connectivity index (χ0v) is 8.50. The predicted octanol–water partition coefficient (Wildman–Crippen LogP) is 0.948. The summed E-state index contributed by atoms with van der Waals surface area (Å²) in [4.78, 5) is 2.33. The Morgan fingerprint density at radius 2 is 2.31 bits per heavy atom. The van der Waals surface area contributed by atoms with Gasteiger partial charge in [0, 0.05) is 13.7 Å². The van der Waals surface area contributed by atoms with E-state index in [-0.39, 0.29) is 0 Å². The van der Waals surface area contributed by atoms with Crippen LogP contribution in [0, 0.1) is 6.92 Å². The Morgan fingerprint density at radius 1 is 1.46 bits per heavy atom. The van der Waals surface area contributed by atoms with Gasteiger partial charge in [-0.25, -0.2) is 0 Å². The van der Waals surface area contributed by atoms with Crippen molar-refractivity contribution in [2.24, 2.45) is 0 Å². The number of nitrogens with zero attached hydrogens (tertiary/aromatic N) is 1. The van der Waals surface area contributed by atoms with Crippen LogP contribution in [0.15, 0.2) is 0 Å². The zero-order valence-electron chi connectivity index (χ0n) is 8.50. The molecular weight excluding hydrogens is 166 g/mol. The van der Waals surface area contributed by atoms with E-state index in [0.717, 1.165) is 13.1 Å². The third kappa shape index (κ3) is 4.07. The van der Waals surface area contributed by atoms with Crippen molar-refractivity contribution in [2.75, 3.05) is 40.0 Å². The molecule has 0 unspecified atom stereocenters. The van der Waals surface area contributed by atoms with Gasteiger partial charge in [0.05, 0.1) is 19.3 Å². The van der Waals surface area contributed by atoms with Crippen LogP contribution in [0.4, 0.5) is 0 Å². The van der Waals surface area contributed by atoms with Gasteiger partial charge in [0.15, 0.2) is 0 Å². The minimum Gasteiger partial charge on any atom is -0.382 e. The molecule has 13 heavy (non-hydrogen) atoms. The number of methoxy groups -OCH3 is 1. The van der Waals surface area contributed by atoms with Crippen molar-refractivity contribution in [3.05, 3.63) is 6.92 Å². The molecule has 1 rings (SSSR count). The molecule has 0 aromatic rings. The minimum absolute atomic E-state index is 0.394. The standard InChI is InChI=1S/C10H20NO2/c1-3-11-6-4-5-10(9-11)13-8-7-12-2/h10H,1,3-9H2,2H3/t10-/m1/s1. The van der Waals surface area contributed by atoms with E-state index < -0.39 is 0 Å². The summed E-state index contributed by atoms with van der Waals surface area (Å²) in [6, 6.07) is 0. The molecule has 1 saturated heterocycles. The van der Waals surface area contributed by atoms with Crippen LogP contribution in [0.2, 0.25) is 0 Å². The van der Waals surface area contributed by atoms with Gasteiger partial charge in [-0.1, -0.05) is 0 Å². The lowest BCUT2D eigenvalue weighted by Gasteiger charge is -2.31. The summed E-state index contributed by atoms with van der Waals surface area (Å²) in [6.45, 7) is 8.40. The van der Waals surface area contributed by atoms with Gasteiger partial charge in [-0.05, 0) is 32.9 Å². The Bertz CT molecular complexity index is 130. The molecular formula is C10H20NO2. The van der Waals surface area contributed by atoms with Gasteiger partial charge in [-0.3, -0.25) is 0 Å². The van der Waals surface area contributed by atoms with Crippen LogP contribution in [0.3, 0.4) is 0 Å². The fourth-order valence-electron chi connectivity index (χ4n) is 1.65. The second-order valence-corrected chi connectivity index (χ2v) is 3.43. The van der Waals surface area contributed by atoms with E-state index in [2.05, 4.69) is 11.8 Å². The molecule has 0 aromatic heterocycles. The van der Waals surface area contributed by atoms with Gasteiger partial charge in [-0.15, -0.1) is 0 Å².